The van der Waals surface area contributed by atoms with Crippen LogP contribution in [0.1, 0.15) is 49.0 Å². The summed E-state index contributed by atoms with van der Waals surface area (Å²) in [7, 11) is 0. The number of aromatic nitrogens is 4. The standard InChI is InChI=1S/C12H17N5S/c1-4-14-11(9-7-13-5-6-15-9)12-10(8(2)3)16-17-18-12/h5-8,11,14H,4H2,1-3H3. The molecule has 6 heteroatoms. The minimum atomic E-state index is 0.0288. The molecule has 96 valence electrons. The van der Waals surface area contributed by atoms with Gasteiger partial charge in [-0.3, -0.25) is 9.97 Å². The first-order valence-corrected chi connectivity index (χ1v) is 6.82. The second kappa shape index (κ2) is 5.97. The van der Waals surface area contributed by atoms with Crippen LogP contribution in [0.25, 0.3) is 0 Å². The van der Waals surface area contributed by atoms with Gasteiger partial charge in [-0.1, -0.05) is 25.3 Å². The van der Waals surface area contributed by atoms with Gasteiger partial charge in [-0.25, -0.2) is 0 Å². The largest absolute Gasteiger partial charge is 0.304 e. The molecule has 5 nitrogen and oxygen atoms in total. The van der Waals surface area contributed by atoms with Crippen molar-refractivity contribution in [2.24, 2.45) is 0 Å². The summed E-state index contributed by atoms with van der Waals surface area (Å²) in [4.78, 5) is 9.65. The lowest BCUT2D eigenvalue weighted by Gasteiger charge is -2.16. The van der Waals surface area contributed by atoms with Crippen LogP contribution in [0.15, 0.2) is 18.6 Å². The van der Waals surface area contributed by atoms with Crippen molar-refractivity contribution in [3.63, 3.8) is 0 Å². The molecule has 0 aliphatic rings. The average Bonchev–Trinajstić information content (AvgIpc) is 2.86. The summed E-state index contributed by atoms with van der Waals surface area (Å²) in [6, 6.07) is 0.0288. The molecule has 18 heavy (non-hydrogen) atoms. The zero-order valence-electron chi connectivity index (χ0n) is 10.8. The number of hydrogen-bond acceptors (Lipinski definition) is 6. The first-order chi connectivity index (χ1) is 8.74. The normalized spacial score (nSPS) is 12.9. The lowest BCUT2D eigenvalue weighted by atomic mass is 10.0. The predicted octanol–water partition coefficient (Wildman–Crippen LogP) is 2.15. The van der Waals surface area contributed by atoms with Gasteiger partial charge in [0.05, 0.1) is 28.5 Å². The van der Waals surface area contributed by atoms with Crippen LogP contribution in [0.2, 0.25) is 0 Å². The topological polar surface area (TPSA) is 63.6 Å². The highest BCUT2D eigenvalue weighted by atomic mass is 32.1. The van der Waals surface area contributed by atoms with Crippen molar-refractivity contribution in [2.75, 3.05) is 6.54 Å². The van der Waals surface area contributed by atoms with Crippen molar-refractivity contribution in [3.05, 3.63) is 34.9 Å². The molecule has 0 aliphatic carbocycles. The highest BCUT2D eigenvalue weighted by Gasteiger charge is 2.23. The zero-order chi connectivity index (χ0) is 13.0. The Hall–Kier alpha value is -1.40. The van der Waals surface area contributed by atoms with Gasteiger partial charge < -0.3 is 5.32 Å². The maximum absolute atomic E-state index is 4.38. The Labute approximate surface area is 111 Å². The molecule has 1 N–H and O–H groups in total. The third kappa shape index (κ3) is 2.70. The summed E-state index contributed by atoms with van der Waals surface area (Å²) >= 11 is 1.43. The van der Waals surface area contributed by atoms with E-state index in [-0.39, 0.29) is 6.04 Å². The van der Waals surface area contributed by atoms with Crippen molar-refractivity contribution >= 4 is 11.5 Å². The van der Waals surface area contributed by atoms with Gasteiger partial charge in [0.15, 0.2) is 0 Å². The Balaban J connectivity index is 2.39. The fourth-order valence-electron chi connectivity index (χ4n) is 1.80. The highest BCUT2D eigenvalue weighted by Crippen LogP contribution is 2.29. The van der Waals surface area contributed by atoms with Crippen LogP contribution in [0.5, 0.6) is 0 Å². The van der Waals surface area contributed by atoms with Crippen LogP contribution < -0.4 is 5.32 Å². The molecular weight excluding hydrogens is 246 g/mol. The van der Waals surface area contributed by atoms with E-state index in [2.05, 4.69) is 45.6 Å². The van der Waals surface area contributed by atoms with Gasteiger partial charge in [0.1, 0.15) is 0 Å². The van der Waals surface area contributed by atoms with E-state index in [1.54, 1.807) is 18.6 Å². The number of hydrogen-bond donors (Lipinski definition) is 1. The summed E-state index contributed by atoms with van der Waals surface area (Å²) < 4.78 is 4.08. The van der Waals surface area contributed by atoms with Crippen LogP contribution in [0.3, 0.4) is 0 Å². The molecule has 0 bridgehead atoms. The molecule has 0 aliphatic heterocycles. The summed E-state index contributed by atoms with van der Waals surface area (Å²) in [5, 5.41) is 7.65. The molecule has 2 rings (SSSR count). The van der Waals surface area contributed by atoms with Crippen molar-refractivity contribution < 1.29 is 0 Å². The van der Waals surface area contributed by atoms with E-state index in [1.807, 2.05) is 0 Å². The number of rotatable bonds is 5. The van der Waals surface area contributed by atoms with Gasteiger partial charge in [0.2, 0.25) is 0 Å². The highest BCUT2D eigenvalue weighted by molar-refractivity contribution is 7.05. The van der Waals surface area contributed by atoms with Gasteiger partial charge >= 0.3 is 0 Å². The Kier molecular flexibility index (Phi) is 4.33. The minimum Gasteiger partial charge on any atom is -0.304 e. The third-order valence-corrected chi connectivity index (χ3v) is 3.44. The summed E-state index contributed by atoms with van der Waals surface area (Å²) in [5.41, 5.74) is 1.95. The van der Waals surface area contributed by atoms with Gasteiger partial charge in [0, 0.05) is 12.4 Å². The average molecular weight is 263 g/mol. The molecule has 0 fully saturated rings. The quantitative estimate of drug-likeness (QED) is 0.895. The molecule has 0 amide bonds. The molecular formula is C12H17N5S. The van der Waals surface area contributed by atoms with Crippen LogP contribution in [-0.2, 0) is 0 Å². The monoisotopic (exact) mass is 263 g/mol. The maximum atomic E-state index is 4.38. The lowest BCUT2D eigenvalue weighted by molar-refractivity contribution is 0.609. The summed E-state index contributed by atoms with van der Waals surface area (Å²) in [6.45, 7) is 7.18. The van der Waals surface area contributed by atoms with Crippen molar-refractivity contribution in [1.29, 1.82) is 0 Å². The van der Waals surface area contributed by atoms with Gasteiger partial charge in [0.25, 0.3) is 0 Å². The SMILES string of the molecule is CCNC(c1cnccn1)c1snnc1C(C)C. The van der Waals surface area contributed by atoms with E-state index < -0.39 is 0 Å². The molecule has 0 saturated heterocycles. The fourth-order valence-corrected chi connectivity index (χ4v) is 2.70. The molecule has 2 heterocycles. The van der Waals surface area contributed by atoms with E-state index in [9.17, 15) is 0 Å². The summed E-state index contributed by atoms with van der Waals surface area (Å²) in [6.07, 6.45) is 5.18. The van der Waals surface area contributed by atoms with E-state index in [4.69, 9.17) is 0 Å². The molecule has 1 unspecified atom stereocenters. The van der Waals surface area contributed by atoms with Crippen molar-refractivity contribution in [2.45, 2.75) is 32.7 Å². The van der Waals surface area contributed by atoms with Crippen LogP contribution in [0.4, 0.5) is 0 Å². The molecule has 1 atom stereocenters. The predicted molar refractivity (Wildman–Crippen MR) is 71.5 cm³/mol. The Morgan fingerprint density at radius 1 is 1.33 bits per heavy atom. The van der Waals surface area contributed by atoms with Gasteiger partial charge in [-0.05, 0) is 24.0 Å². The fraction of sp³-hybridized carbons (Fsp3) is 0.500. The second-order valence-corrected chi connectivity index (χ2v) is 5.08. The van der Waals surface area contributed by atoms with Gasteiger partial charge in [-0.2, -0.15) is 0 Å². The second-order valence-electron chi connectivity index (χ2n) is 4.30. The zero-order valence-corrected chi connectivity index (χ0v) is 11.6. The first kappa shape index (κ1) is 13.0. The van der Waals surface area contributed by atoms with Crippen molar-refractivity contribution in [1.82, 2.24) is 24.9 Å². The molecule has 0 spiro atoms. The van der Waals surface area contributed by atoms with Gasteiger partial charge in [-0.15, -0.1) is 5.10 Å². The number of nitrogens with zero attached hydrogens (tertiary/aromatic N) is 4. The van der Waals surface area contributed by atoms with E-state index in [0.29, 0.717) is 5.92 Å². The van der Waals surface area contributed by atoms with Crippen LogP contribution in [-0.4, -0.2) is 26.1 Å². The molecule has 0 saturated carbocycles. The van der Waals surface area contributed by atoms with E-state index >= 15 is 0 Å². The minimum absolute atomic E-state index is 0.0288. The summed E-state index contributed by atoms with van der Waals surface area (Å²) in [5.74, 6) is 0.358. The number of nitrogens with one attached hydrogen (secondary N) is 1. The Morgan fingerprint density at radius 2 is 2.17 bits per heavy atom. The lowest BCUT2D eigenvalue weighted by Crippen LogP contribution is -2.23. The third-order valence-electron chi connectivity index (χ3n) is 2.64. The van der Waals surface area contributed by atoms with E-state index in [1.165, 1.54) is 11.5 Å². The van der Waals surface area contributed by atoms with Crippen LogP contribution >= 0.6 is 11.5 Å². The Morgan fingerprint density at radius 3 is 2.78 bits per heavy atom. The Bertz CT molecular complexity index is 482. The molecule has 0 aromatic carbocycles. The first-order valence-electron chi connectivity index (χ1n) is 6.05. The maximum Gasteiger partial charge on any atom is 0.0896 e. The molecule has 2 aromatic rings. The van der Waals surface area contributed by atoms with E-state index in [0.717, 1.165) is 22.8 Å². The molecule has 0 radical (unpaired) electrons. The smallest absolute Gasteiger partial charge is 0.0896 e. The van der Waals surface area contributed by atoms with Crippen LogP contribution in [0, 0.1) is 0 Å². The molecule has 2 aromatic heterocycles. The van der Waals surface area contributed by atoms with Crippen molar-refractivity contribution in [3.8, 4) is 0 Å².